The smallest absolute Gasteiger partial charge is 0.225 e. The fourth-order valence-electron chi connectivity index (χ4n) is 5.94. The molecule has 170 valence electrons. The van der Waals surface area contributed by atoms with E-state index < -0.39 is 0 Å². The fraction of sp³-hybridized carbons (Fsp3) is 0.593. The van der Waals surface area contributed by atoms with Crippen LogP contribution in [0.3, 0.4) is 0 Å². The highest BCUT2D eigenvalue weighted by atomic mass is 16.1. The summed E-state index contributed by atoms with van der Waals surface area (Å²) in [5, 5.41) is 3.20. The van der Waals surface area contributed by atoms with Gasteiger partial charge in [-0.2, -0.15) is 0 Å². The van der Waals surface area contributed by atoms with Crippen LogP contribution < -0.4 is 11.1 Å². The van der Waals surface area contributed by atoms with Gasteiger partial charge in [-0.05, 0) is 61.6 Å². The number of nitrogens with one attached hydrogen (secondary N) is 1. The molecule has 3 N–H and O–H groups in total. The summed E-state index contributed by atoms with van der Waals surface area (Å²) in [5.74, 6) is 1.99. The first-order chi connectivity index (χ1) is 15.7. The monoisotopic (exact) mass is 432 g/mol. The van der Waals surface area contributed by atoms with Crippen LogP contribution in [0.1, 0.15) is 87.6 Å². The number of carbonyl (C=O) groups excluding carboxylic acids is 1. The molecule has 5 heteroatoms. The van der Waals surface area contributed by atoms with Crippen molar-refractivity contribution in [2.75, 3.05) is 11.1 Å². The SMILES string of the molecule is Nc1ccc2c(c1)CCc1nc(NC(=O)CC3CCCCC3)c(CC3CCCCC3)nc1-2. The van der Waals surface area contributed by atoms with Gasteiger partial charge in [0.2, 0.25) is 5.91 Å². The molecule has 1 heterocycles. The number of rotatable bonds is 5. The molecule has 0 saturated heterocycles. The molecule has 2 fully saturated rings. The molecule has 0 aliphatic heterocycles. The van der Waals surface area contributed by atoms with E-state index >= 15 is 0 Å². The summed E-state index contributed by atoms with van der Waals surface area (Å²) in [6, 6.07) is 6.11. The van der Waals surface area contributed by atoms with E-state index in [1.54, 1.807) is 0 Å². The normalized spacial score (nSPS) is 19.2. The lowest BCUT2D eigenvalue weighted by molar-refractivity contribution is -0.117. The van der Waals surface area contributed by atoms with E-state index in [9.17, 15) is 4.79 Å². The van der Waals surface area contributed by atoms with Crippen molar-refractivity contribution in [3.05, 3.63) is 35.2 Å². The number of nitrogen functional groups attached to an aromatic ring is 1. The number of amides is 1. The van der Waals surface area contributed by atoms with E-state index in [2.05, 4.69) is 17.4 Å². The van der Waals surface area contributed by atoms with E-state index in [1.165, 1.54) is 69.8 Å². The van der Waals surface area contributed by atoms with Gasteiger partial charge in [-0.15, -0.1) is 0 Å². The first-order valence-corrected chi connectivity index (χ1v) is 12.7. The summed E-state index contributed by atoms with van der Waals surface area (Å²) in [5.41, 5.74) is 12.2. The number of nitrogens with two attached hydrogens (primary N) is 1. The number of nitrogens with zero attached hydrogens (tertiary/aromatic N) is 2. The summed E-state index contributed by atoms with van der Waals surface area (Å²) < 4.78 is 0. The van der Waals surface area contributed by atoms with Crippen molar-refractivity contribution >= 4 is 17.4 Å². The quantitative estimate of drug-likeness (QED) is 0.580. The number of carbonyl (C=O) groups is 1. The predicted molar refractivity (Wildman–Crippen MR) is 129 cm³/mol. The van der Waals surface area contributed by atoms with Crippen molar-refractivity contribution in [3.63, 3.8) is 0 Å². The molecule has 5 rings (SSSR count). The van der Waals surface area contributed by atoms with Crippen molar-refractivity contribution in [2.24, 2.45) is 11.8 Å². The van der Waals surface area contributed by atoms with Crippen LogP contribution in [0.5, 0.6) is 0 Å². The standard InChI is InChI=1S/C27H36N4O/c28-21-12-13-22-20(17-21)11-14-23-26(22)29-24(15-18-7-3-1-4-8-18)27(30-23)31-25(32)16-19-9-5-2-6-10-19/h12-13,17-19H,1-11,14-16,28H2,(H,30,31,32). The number of aryl methyl sites for hydroxylation is 2. The molecule has 0 bridgehead atoms. The molecular weight excluding hydrogens is 396 g/mol. The first-order valence-electron chi connectivity index (χ1n) is 12.7. The van der Waals surface area contributed by atoms with Crippen LogP contribution in [0.25, 0.3) is 11.3 Å². The topological polar surface area (TPSA) is 80.9 Å². The summed E-state index contributed by atoms with van der Waals surface area (Å²) in [6.45, 7) is 0. The minimum atomic E-state index is 0.111. The van der Waals surface area contributed by atoms with Crippen LogP contribution in [0, 0.1) is 11.8 Å². The average molecular weight is 433 g/mol. The maximum absolute atomic E-state index is 12.9. The predicted octanol–water partition coefficient (Wildman–Crippen LogP) is 5.86. The van der Waals surface area contributed by atoms with Gasteiger partial charge in [0.05, 0.1) is 17.1 Å². The van der Waals surface area contributed by atoms with E-state index in [0.717, 1.165) is 47.6 Å². The molecule has 1 aromatic carbocycles. The van der Waals surface area contributed by atoms with Gasteiger partial charge in [-0.25, -0.2) is 9.97 Å². The zero-order valence-electron chi connectivity index (χ0n) is 19.2. The molecule has 2 aromatic rings. The third kappa shape index (κ3) is 4.82. The number of benzene rings is 1. The van der Waals surface area contributed by atoms with Crippen LogP contribution in [0.15, 0.2) is 18.2 Å². The Kier molecular flexibility index (Phi) is 6.42. The summed E-state index contributed by atoms with van der Waals surface area (Å²) in [4.78, 5) is 23.1. The molecule has 1 amide bonds. The number of hydrogen-bond acceptors (Lipinski definition) is 4. The summed E-state index contributed by atoms with van der Waals surface area (Å²) >= 11 is 0. The minimum Gasteiger partial charge on any atom is -0.399 e. The van der Waals surface area contributed by atoms with E-state index in [-0.39, 0.29) is 5.91 Å². The molecule has 1 aromatic heterocycles. The zero-order chi connectivity index (χ0) is 21.9. The minimum absolute atomic E-state index is 0.111. The van der Waals surface area contributed by atoms with Crippen molar-refractivity contribution in [1.82, 2.24) is 9.97 Å². The molecular formula is C27H36N4O. The highest BCUT2D eigenvalue weighted by molar-refractivity contribution is 5.90. The lowest BCUT2D eigenvalue weighted by Gasteiger charge is -2.25. The molecule has 0 atom stereocenters. The highest BCUT2D eigenvalue weighted by Crippen LogP contribution is 2.36. The second kappa shape index (κ2) is 9.60. The van der Waals surface area contributed by atoms with Crippen molar-refractivity contribution in [2.45, 2.75) is 89.9 Å². The summed E-state index contributed by atoms with van der Waals surface area (Å²) in [6.07, 6.45) is 15.9. The van der Waals surface area contributed by atoms with Gasteiger partial charge in [0.1, 0.15) is 0 Å². The van der Waals surface area contributed by atoms with Crippen LogP contribution in [0.4, 0.5) is 11.5 Å². The Balaban J connectivity index is 1.43. The number of hydrogen-bond donors (Lipinski definition) is 2. The molecule has 0 unspecified atom stereocenters. The molecule has 5 nitrogen and oxygen atoms in total. The van der Waals surface area contributed by atoms with Gasteiger partial charge in [0.25, 0.3) is 0 Å². The molecule has 3 aliphatic carbocycles. The Labute approximate surface area is 191 Å². The Bertz CT molecular complexity index is 974. The lowest BCUT2D eigenvalue weighted by Crippen LogP contribution is -2.22. The molecule has 0 spiro atoms. The maximum Gasteiger partial charge on any atom is 0.225 e. The van der Waals surface area contributed by atoms with Crippen molar-refractivity contribution in [3.8, 4) is 11.3 Å². The number of anilines is 2. The van der Waals surface area contributed by atoms with Gasteiger partial charge in [0, 0.05) is 17.7 Å². The van der Waals surface area contributed by atoms with Crippen LogP contribution >= 0.6 is 0 Å². The zero-order valence-corrected chi connectivity index (χ0v) is 19.2. The Morgan fingerprint density at radius 1 is 0.938 bits per heavy atom. The molecule has 3 aliphatic rings. The van der Waals surface area contributed by atoms with E-state index in [4.69, 9.17) is 15.7 Å². The third-order valence-corrected chi connectivity index (χ3v) is 7.72. The van der Waals surface area contributed by atoms with Gasteiger partial charge < -0.3 is 11.1 Å². The van der Waals surface area contributed by atoms with Gasteiger partial charge in [-0.1, -0.05) is 57.4 Å². The lowest BCUT2D eigenvalue weighted by atomic mass is 9.85. The Hall–Kier alpha value is -2.43. The third-order valence-electron chi connectivity index (χ3n) is 7.72. The van der Waals surface area contributed by atoms with Gasteiger partial charge in [-0.3, -0.25) is 4.79 Å². The molecule has 32 heavy (non-hydrogen) atoms. The number of fused-ring (bicyclic) bond motifs is 3. The molecule has 2 saturated carbocycles. The van der Waals surface area contributed by atoms with Crippen LogP contribution in [-0.2, 0) is 24.1 Å². The second-order valence-electron chi connectivity index (χ2n) is 10.2. The van der Waals surface area contributed by atoms with E-state index in [0.29, 0.717) is 24.1 Å². The largest absolute Gasteiger partial charge is 0.399 e. The highest BCUT2D eigenvalue weighted by Gasteiger charge is 2.25. The van der Waals surface area contributed by atoms with Crippen LogP contribution in [-0.4, -0.2) is 15.9 Å². The Morgan fingerprint density at radius 2 is 1.66 bits per heavy atom. The second-order valence-corrected chi connectivity index (χ2v) is 10.2. The van der Waals surface area contributed by atoms with Gasteiger partial charge >= 0.3 is 0 Å². The van der Waals surface area contributed by atoms with Gasteiger partial charge in [0.15, 0.2) is 5.82 Å². The van der Waals surface area contributed by atoms with Crippen molar-refractivity contribution in [1.29, 1.82) is 0 Å². The van der Waals surface area contributed by atoms with E-state index in [1.807, 2.05) is 6.07 Å². The molecule has 0 radical (unpaired) electrons. The average Bonchev–Trinajstić information content (AvgIpc) is 2.80. The van der Waals surface area contributed by atoms with Crippen LogP contribution in [0.2, 0.25) is 0 Å². The fourth-order valence-corrected chi connectivity index (χ4v) is 5.94. The maximum atomic E-state index is 12.9. The Morgan fingerprint density at radius 3 is 2.41 bits per heavy atom. The first kappa shape index (κ1) is 21.4. The summed E-state index contributed by atoms with van der Waals surface area (Å²) in [7, 11) is 0. The van der Waals surface area contributed by atoms with Crippen molar-refractivity contribution < 1.29 is 4.79 Å². The number of aromatic nitrogens is 2.